The van der Waals surface area contributed by atoms with Gasteiger partial charge in [0.15, 0.2) is 0 Å². The van der Waals surface area contributed by atoms with Crippen molar-refractivity contribution in [2.45, 2.75) is 12.8 Å². The Morgan fingerprint density at radius 3 is 2.96 bits per heavy atom. The summed E-state index contributed by atoms with van der Waals surface area (Å²) in [5.74, 6) is 1.79. The summed E-state index contributed by atoms with van der Waals surface area (Å²) in [5.41, 5.74) is 1.37. The fourth-order valence-electron chi connectivity index (χ4n) is 3.43. The number of carbonyl (C=O) groups excluding carboxylic acids is 1. The molecule has 6 heteroatoms. The third kappa shape index (κ3) is 4.14. The molecule has 1 fully saturated rings. The number of aromatic nitrogens is 1. The zero-order valence-electron chi connectivity index (χ0n) is 15.4. The van der Waals surface area contributed by atoms with Gasteiger partial charge < -0.3 is 20.3 Å². The topological polar surface area (TPSA) is 66.5 Å². The maximum absolute atomic E-state index is 13.1. The zero-order valence-corrected chi connectivity index (χ0v) is 15.4. The molecule has 0 bridgehead atoms. The Labute approximate surface area is 154 Å². The predicted molar refractivity (Wildman–Crippen MR) is 103 cm³/mol. The van der Waals surface area contributed by atoms with Crippen molar-refractivity contribution < 1.29 is 9.53 Å². The molecule has 0 radical (unpaired) electrons. The van der Waals surface area contributed by atoms with Crippen LogP contribution in [0.5, 0.6) is 5.75 Å². The van der Waals surface area contributed by atoms with E-state index >= 15 is 0 Å². The van der Waals surface area contributed by atoms with E-state index in [9.17, 15) is 4.79 Å². The minimum absolute atomic E-state index is 0.0244. The van der Waals surface area contributed by atoms with Crippen LogP contribution in [-0.4, -0.2) is 49.6 Å². The summed E-state index contributed by atoms with van der Waals surface area (Å²) in [4.78, 5) is 19.4. The van der Waals surface area contributed by atoms with Crippen molar-refractivity contribution in [1.29, 1.82) is 0 Å². The number of hydrogen-bond acceptors (Lipinski definition) is 5. The van der Waals surface area contributed by atoms with Crippen LogP contribution in [0.2, 0.25) is 0 Å². The van der Waals surface area contributed by atoms with E-state index in [-0.39, 0.29) is 5.91 Å². The van der Waals surface area contributed by atoms with E-state index in [1.54, 1.807) is 19.4 Å². The van der Waals surface area contributed by atoms with Gasteiger partial charge in [0.05, 0.1) is 18.4 Å². The molecule has 3 rings (SSSR count). The number of carbonyl (C=O) groups is 1. The van der Waals surface area contributed by atoms with Crippen LogP contribution in [0, 0.1) is 5.92 Å². The summed E-state index contributed by atoms with van der Waals surface area (Å²) >= 11 is 0. The summed E-state index contributed by atoms with van der Waals surface area (Å²) < 4.78 is 5.38. The molecule has 2 N–H and O–H groups in total. The van der Waals surface area contributed by atoms with Gasteiger partial charge in [-0.1, -0.05) is 12.1 Å². The number of pyridine rings is 1. The van der Waals surface area contributed by atoms with E-state index in [1.807, 2.05) is 42.3 Å². The molecule has 1 amide bonds. The summed E-state index contributed by atoms with van der Waals surface area (Å²) in [6.07, 6.45) is 3.88. The number of nitrogens with zero attached hydrogens (tertiary/aromatic N) is 2. The number of ether oxygens (including phenoxy) is 1. The lowest BCUT2D eigenvalue weighted by Gasteiger charge is -2.33. The quantitative estimate of drug-likeness (QED) is 0.835. The molecule has 1 aliphatic heterocycles. The van der Waals surface area contributed by atoms with Crippen LogP contribution in [0.15, 0.2) is 42.6 Å². The van der Waals surface area contributed by atoms with Crippen LogP contribution in [0.1, 0.15) is 23.2 Å². The monoisotopic (exact) mass is 354 g/mol. The minimum atomic E-state index is 0.0244. The summed E-state index contributed by atoms with van der Waals surface area (Å²) in [7, 11) is 3.58. The number of nitrogens with one attached hydrogen (secondary N) is 2. The highest BCUT2D eigenvalue weighted by Crippen LogP contribution is 2.28. The Hall–Kier alpha value is -2.60. The fraction of sp³-hybridized carbons (Fsp3) is 0.400. The smallest absolute Gasteiger partial charge is 0.257 e. The molecule has 2 aromatic rings. The summed E-state index contributed by atoms with van der Waals surface area (Å²) in [6, 6.07) is 11.2. The first-order chi connectivity index (χ1) is 12.7. The van der Waals surface area contributed by atoms with Gasteiger partial charge in [0.1, 0.15) is 11.6 Å². The maximum atomic E-state index is 13.1. The normalized spacial score (nSPS) is 17.0. The van der Waals surface area contributed by atoms with Gasteiger partial charge in [-0.15, -0.1) is 0 Å². The Kier molecular flexibility index (Phi) is 6.07. The van der Waals surface area contributed by atoms with Gasteiger partial charge in [-0.05, 0) is 56.6 Å². The third-order valence-electron chi connectivity index (χ3n) is 4.70. The van der Waals surface area contributed by atoms with Crippen molar-refractivity contribution in [2.24, 2.45) is 5.92 Å². The van der Waals surface area contributed by atoms with Crippen LogP contribution in [0.3, 0.4) is 0 Å². The van der Waals surface area contributed by atoms with Crippen molar-refractivity contribution in [2.75, 3.05) is 39.1 Å². The van der Waals surface area contributed by atoms with E-state index in [2.05, 4.69) is 15.6 Å². The van der Waals surface area contributed by atoms with Crippen molar-refractivity contribution >= 4 is 17.4 Å². The molecule has 1 aromatic carbocycles. The van der Waals surface area contributed by atoms with Gasteiger partial charge in [-0.3, -0.25) is 4.79 Å². The molecule has 0 spiro atoms. The summed E-state index contributed by atoms with van der Waals surface area (Å²) in [5, 5.41) is 6.47. The molecule has 0 saturated carbocycles. The molecule has 1 saturated heterocycles. The van der Waals surface area contributed by atoms with E-state index in [1.165, 1.54) is 0 Å². The first-order valence-corrected chi connectivity index (χ1v) is 9.02. The van der Waals surface area contributed by atoms with Crippen LogP contribution >= 0.6 is 0 Å². The highest BCUT2D eigenvalue weighted by Gasteiger charge is 2.26. The number of likely N-dealkylation sites (tertiary alicyclic amines) is 1. The van der Waals surface area contributed by atoms with Gasteiger partial charge >= 0.3 is 0 Å². The number of amides is 1. The first kappa shape index (κ1) is 18.2. The largest absolute Gasteiger partial charge is 0.495 e. The second kappa shape index (κ2) is 8.67. The van der Waals surface area contributed by atoms with Gasteiger partial charge in [-0.25, -0.2) is 4.98 Å². The molecule has 0 unspecified atom stereocenters. The van der Waals surface area contributed by atoms with Gasteiger partial charge in [0, 0.05) is 19.3 Å². The molecule has 1 aromatic heterocycles. The van der Waals surface area contributed by atoms with Gasteiger partial charge in [-0.2, -0.15) is 0 Å². The number of methoxy groups -OCH3 is 1. The van der Waals surface area contributed by atoms with Gasteiger partial charge in [0.2, 0.25) is 0 Å². The summed E-state index contributed by atoms with van der Waals surface area (Å²) in [6.45, 7) is 2.51. The standard InChI is InChI=1S/C20H26N4O2/c1-21-13-15-7-6-12-24(14-15)20(25)16-8-5-11-22-19(16)23-17-9-3-4-10-18(17)26-2/h3-5,8-11,15,21H,6-7,12-14H2,1-2H3,(H,22,23)/t15-/m1/s1. The molecule has 1 aliphatic rings. The van der Waals surface area contributed by atoms with Crippen LogP contribution in [-0.2, 0) is 0 Å². The van der Waals surface area contributed by atoms with Crippen LogP contribution in [0.25, 0.3) is 0 Å². The highest BCUT2D eigenvalue weighted by atomic mass is 16.5. The lowest BCUT2D eigenvalue weighted by atomic mass is 9.97. The predicted octanol–water partition coefficient (Wildman–Crippen LogP) is 2.91. The average molecular weight is 354 g/mol. The molecule has 0 aliphatic carbocycles. The molecular weight excluding hydrogens is 328 g/mol. The molecule has 1 atom stereocenters. The maximum Gasteiger partial charge on any atom is 0.257 e. The minimum Gasteiger partial charge on any atom is -0.495 e. The van der Waals surface area contributed by atoms with Crippen molar-refractivity contribution in [1.82, 2.24) is 15.2 Å². The first-order valence-electron chi connectivity index (χ1n) is 9.02. The van der Waals surface area contributed by atoms with Crippen molar-refractivity contribution in [3.8, 4) is 5.75 Å². The van der Waals surface area contributed by atoms with Gasteiger partial charge in [0.25, 0.3) is 5.91 Å². The number of benzene rings is 1. The van der Waals surface area contributed by atoms with Crippen molar-refractivity contribution in [3.63, 3.8) is 0 Å². The van der Waals surface area contributed by atoms with E-state index in [0.717, 1.165) is 38.2 Å². The molecule has 2 heterocycles. The molecule has 138 valence electrons. The second-order valence-electron chi connectivity index (χ2n) is 6.54. The Morgan fingerprint density at radius 1 is 1.31 bits per heavy atom. The lowest BCUT2D eigenvalue weighted by Crippen LogP contribution is -2.42. The average Bonchev–Trinajstić information content (AvgIpc) is 2.69. The Balaban J connectivity index is 1.81. The number of piperidine rings is 1. The number of para-hydroxylation sites is 2. The Morgan fingerprint density at radius 2 is 2.15 bits per heavy atom. The van der Waals surface area contributed by atoms with Crippen LogP contribution in [0.4, 0.5) is 11.5 Å². The third-order valence-corrected chi connectivity index (χ3v) is 4.70. The van der Waals surface area contributed by atoms with Crippen molar-refractivity contribution in [3.05, 3.63) is 48.2 Å². The number of anilines is 2. The van der Waals surface area contributed by atoms with Crippen LogP contribution < -0.4 is 15.4 Å². The molecule has 26 heavy (non-hydrogen) atoms. The Bertz CT molecular complexity index is 748. The van der Waals surface area contributed by atoms with E-state index in [0.29, 0.717) is 23.0 Å². The molecular formula is C20H26N4O2. The lowest BCUT2D eigenvalue weighted by molar-refractivity contribution is 0.0675. The zero-order chi connectivity index (χ0) is 18.4. The highest BCUT2D eigenvalue weighted by molar-refractivity contribution is 5.99. The van der Waals surface area contributed by atoms with E-state index in [4.69, 9.17) is 4.74 Å². The van der Waals surface area contributed by atoms with E-state index < -0.39 is 0 Å². The number of rotatable bonds is 6. The second-order valence-corrected chi connectivity index (χ2v) is 6.54. The SMILES string of the molecule is CNC[C@H]1CCCN(C(=O)c2cccnc2Nc2ccccc2OC)C1. The number of hydrogen-bond donors (Lipinski definition) is 2. The fourth-order valence-corrected chi connectivity index (χ4v) is 3.43. The molecule has 6 nitrogen and oxygen atoms in total.